The van der Waals surface area contributed by atoms with E-state index in [1.165, 1.54) is 6.42 Å². The SMILES string of the molecule is CC(C)Oc1ccc(C2(O)CCCCC2C(C)C)cc1. The van der Waals surface area contributed by atoms with E-state index in [9.17, 15) is 5.11 Å². The summed E-state index contributed by atoms with van der Waals surface area (Å²) in [5, 5.41) is 11.2. The lowest BCUT2D eigenvalue weighted by atomic mass is 9.67. The molecule has 2 rings (SSSR count). The summed E-state index contributed by atoms with van der Waals surface area (Å²) in [5.74, 6) is 1.74. The summed E-state index contributed by atoms with van der Waals surface area (Å²) in [6.45, 7) is 8.49. The zero-order chi connectivity index (χ0) is 14.8. The number of aliphatic hydroxyl groups is 1. The minimum atomic E-state index is -0.664. The Morgan fingerprint density at radius 1 is 1.10 bits per heavy atom. The van der Waals surface area contributed by atoms with Crippen molar-refractivity contribution in [3.63, 3.8) is 0 Å². The van der Waals surface area contributed by atoms with Gasteiger partial charge in [-0.2, -0.15) is 0 Å². The van der Waals surface area contributed by atoms with Gasteiger partial charge in [0.2, 0.25) is 0 Å². The molecule has 1 fully saturated rings. The lowest BCUT2D eigenvalue weighted by Gasteiger charge is -2.42. The first-order chi connectivity index (χ1) is 9.43. The fourth-order valence-corrected chi connectivity index (χ4v) is 3.52. The smallest absolute Gasteiger partial charge is 0.119 e. The number of hydrogen-bond donors (Lipinski definition) is 1. The summed E-state index contributed by atoms with van der Waals surface area (Å²) < 4.78 is 5.68. The number of benzene rings is 1. The number of rotatable bonds is 4. The molecule has 2 heteroatoms. The predicted octanol–water partition coefficient (Wildman–Crippen LogP) is 4.51. The van der Waals surface area contributed by atoms with Gasteiger partial charge in [-0.15, -0.1) is 0 Å². The van der Waals surface area contributed by atoms with Crippen LogP contribution in [0.4, 0.5) is 0 Å². The molecule has 1 aromatic carbocycles. The van der Waals surface area contributed by atoms with Crippen molar-refractivity contribution in [2.75, 3.05) is 0 Å². The topological polar surface area (TPSA) is 29.5 Å². The zero-order valence-electron chi connectivity index (χ0n) is 13.2. The second-order valence-electron chi connectivity index (χ2n) is 6.71. The van der Waals surface area contributed by atoms with E-state index in [2.05, 4.69) is 13.8 Å². The maximum Gasteiger partial charge on any atom is 0.119 e. The molecule has 1 aliphatic carbocycles. The van der Waals surface area contributed by atoms with Gasteiger partial charge < -0.3 is 9.84 Å². The van der Waals surface area contributed by atoms with Gasteiger partial charge in [-0.3, -0.25) is 0 Å². The van der Waals surface area contributed by atoms with Crippen molar-refractivity contribution in [3.05, 3.63) is 29.8 Å². The van der Waals surface area contributed by atoms with E-state index < -0.39 is 5.60 Å². The predicted molar refractivity (Wildman–Crippen MR) is 82.9 cm³/mol. The minimum Gasteiger partial charge on any atom is -0.491 e. The van der Waals surface area contributed by atoms with E-state index in [4.69, 9.17) is 4.74 Å². The second kappa shape index (κ2) is 6.17. The fraction of sp³-hybridized carbons (Fsp3) is 0.667. The summed E-state index contributed by atoms with van der Waals surface area (Å²) in [6, 6.07) is 8.05. The van der Waals surface area contributed by atoms with Crippen LogP contribution >= 0.6 is 0 Å². The number of hydrogen-bond acceptors (Lipinski definition) is 2. The molecule has 20 heavy (non-hydrogen) atoms. The van der Waals surface area contributed by atoms with Crippen LogP contribution in [0, 0.1) is 11.8 Å². The van der Waals surface area contributed by atoms with E-state index in [-0.39, 0.29) is 6.10 Å². The minimum absolute atomic E-state index is 0.182. The third-order valence-electron chi connectivity index (χ3n) is 4.47. The highest BCUT2D eigenvalue weighted by Crippen LogP contribution is 2.45. The fourth-order valence-electron chi connectivity index (χ4n) is 3.52. The normalized spacial score (nSPS) is 27.1. The lowest BCUT2D eigenvalue weighted by Crippen LogP contribution is -2.40. The van der Waals surface area contributed by atoms with E-state index in [1.54, 1.807) is 0 Å². The van der Waals surface area contributed by atoms with E-state index in [0.717, 1.165) is 30.6 Å². The van der Waals surface area contributed by atoms with Crippen LogP contribution in [-0.4, -0.2) is 11.2 Å². The van der Waals surface area contributed by atoms with Gasteiger partial charge in [0.25, 0.3) is 0 Å². The second-order valence-corrected chi connectivity index (χ2v) is 6.71. The average Bonchev–Trinajstić information content (AvgIpc) is 2.38. The molecule has 0 heterocycles. The van der Waals surface area contributed by atoms with Crippen LogP contribution in [0.3, 0.4) is 0 Å². The molecule has 2 nitrogen and oxygen atoms in total. The van der Waals surface area contributed by atoms with E-state index in [1.807, 2.05) is 38.1 Å². The van der Waals surface area contributed by atoms with Crippen LogP contribution in [0.1, 0.15) is 58.9 Å². The Morgan fingerprint density at radius 2 is 1.75 bits per heavy atom. The molecule has 0 bridgehead atoms. The molecule has 0 spiro atoms. The van der Waals surface area contributed by atoms with Gasteiger partial charge in [0.15, 0.2) is 0 Å². The summed E-state index contributed by atoms with van der Waals surface area (Å²) in [4.78, 5) is 0. The molecule has 1 aliphatic rings. The molecular formula is C18H28O2. The zero-order valence-corrected chi connectivity index (χ0v) is 13.2. The van der Waals surface area contributed by atoms with Gasteiger partial charge >= 0.3 is 0 Å². The molecule has 1 aromatic rings. The maximum absolute atomic E-state index is 11.2. The molecule has 0 aromatic heterocycles. The van der Waals surface area contributed by atoms with Crippen molar-refractivity contribution in [3.8, 4) is 5.75 Å². The third kappa shape index (κ3) is 3.17. The van der Waals surface area contributed by atoms with Crippen molar-refractivity contribution >= 4 is 0 Å². The molecule has 0 amide bonds. The highest BCUT2D eigenvalue weighted by Gasteiger charge is 2.41. The van der Waals surface area contributed by atoms with Crippen LogP contribution in [-0.2, 0) is 5.60 Å². The molecule has 2 unspecified atom stereocenters. The van der Waals surface area contributed by atoms with Gasteiger partial charge in [-0.1, -0.05) is 38.8 Å². The van der Waals surface area contributed by atoms with Gasteiger partial charge in [-0.05, 0) is 56.2 Å². The monoisotopic (exact) mass is 276 g/mol. The quantitative estimate of drug-likeness (QED) is 0.877. The number of ether oxygens (including phenoxy) is 1. The summed E-state index contributed by atoms with van der Waals surface area (Å²) in [7, 11) is 0. The van der Waals surface area contributed by atoms with Crippen LogP contribution in [0.5, 0.6) is 5.75 Å². The first-order valence-corrected chi connectivity index (χ1v) is 7.93. The average molecular weight is 276 g/mol. The highest BCUT2D eigenvalue weighted by molar-refractivity contribution is 5.32. The summed E-state index contributed by atoms with van der Waals surface area (Å²) in [5.41, 5.74) is 0.384. The summed E-state index contributed by atoms with van der Waals surface area (Å²) >= 11 is 0. The first-order valence-electron chi connectivity index (χ1n) is 7.93. The van der Waals surface area contributed by atoms with E-state index in [0.29, 0.717) is 11.8 Å². The Bertz CT molecular complexity index is 422. The Balaban J connectivity index is 2.23. The Hall–Kier alpha value is -1.02. The molecule has 1 saturated carbocycles. The third-order valence-corrected chi connectivity index (χ3v) is 4.47. The maximum atomic E-state index is 11.2. The van der Waals surface area contributed by atoms with Gasteiger partial charge in [-0.25, -0.2) is 0 Å². The molecule has 0 radical (unpaired) electrons. The van der Waals surface area contributed by atoms with Gasteiger partial charge in [0.05, 0.1) is 11.7 Å². The Kier molecular flexibility index (Phi) is 4.74. The Morgan fingerprint density at radius 3 is 2.30 bits per heavy atom. The largest absolute Gasteiger partial charge is 0.491 e. The summed E-state index contributed by atoms with van der Waals surface area (Å²) in [6.07, 6.45) is 4.53. The molecule has 0 saturated heterocycles. The van der Waals surface area contributed by atoms with Gasteiger partial charge in [0.1, 0.15) is 5.75 Å². The van der Waals surface area contributed by atoms with Crippen molar-refractivity contribution in [2.24, 2.45) is 11.8 Å². The molecule has 1 N–H and O–H groups in total. The standard InChI is InChI=1S/C18H28O2/c1-13(2)17-7-5-6-12-18(17,19)15-8-10-16(11-9-15)20-14(3)4/h8-11,13-14,17,19H,5-7,12H2,1-4H3. The van der Waals surface area contributed by atoms with Crippen LogP contribution in [0.15, 0.2) is 24.3 Å². The lowest BCUT2D eigenvalue weighted by molar-refractivity contribution is -0.0721. The Labute approximate surface area is 123 Å². The van der Waals surface area contributed by atoms with Crippen molar-refractivity contribution in [1.82, 2.24) is 0 Å². The molecule has 2 atom stereocenters. The first kappa shape index (κ1) is 15.4. The van der Waals surface area contributed by atoms with Crippen molar-refractivity contribution in [2.45, 2.75) is 65.1 Å². The van der Waals surface area contributed by atoms with Crippen LogP contribution in [0.25, 0.3) is 0 Å². The van der Waals surface area contributed by atoms with E-state index >= 15 is 0 Å². The highest BCUT2D eigenvalue weighted by atomic mass is 16.5. The van der Waals surface area contributed by atoms with Crippen molar-refractivity contribution in [1.29, 1.82) is 0 Å². The molecule has 112 valence electrons. The molecule has 0 aliphatic heterocycles. The van der Waals surface area contributed by atoms with Crippen molar-refractivity contribution < 1.29 is 9.84 Å². The van der Waals surface area contributed by atoms with Crippen LogP contribution < -0.4 is 4.74 Å². The van der Waals surface area contributed by atoms with Gasteiger partial charge in [0, 0.05) is 0 Å². The molecular weight excluding hydrogens is 248 g/mol. The van der Waals surface area contributed by atoms with Crippen LogP contribution in [0.2, 0.25) is 0 Å².